The van der Waals surface area contributed by atoms with Crippen molar-refractivity contribution in [2.45, 2.75) is 13.5 Å². The fourth-order valence-electron chi connectivity index (χ4n) is 3.64. The standard InChI is InChI=1S/C27H23N3O2/c1-18-5-7-19(8-6-18)17-28-26-23-14-11-21(20-9-12-22(31-2)13-10-20)16-24(23)29-27(30-26)25-4-3-15-32-25/h3-16H,17H2,1-2H3,(H,28,29,30). The average molecular weight is 422 g/mol. The molecule has 0 spiro atoms. The molecule has 5 heteroatoms. The third-order valence-electron chi connectivity index (χ3n) is 5.44. The van der Waals surface area contributed by atoms with Gasteiger partial charge >= 0.3 is 0 Å². The lowest BCUT2D eigenvalue weighted by Gasteiger charge is -2.12. The van der Waals surface area contributed by atoms with E-state index in [1.165, 1.54) is 11.1 Å². The maximum atomic E-state index is 5.57. The lowest BCUT2D eigenvalue weighted by Crippen LogP contribution is -2.04. The monoisotopic (exact) mass is 421 g/mol. The highest BCUT2D eigenvalue weighted by Crippen LogP contribution is 2.30. The Balaban J connectivity index is 1.55. The van der Waals surface area contributed by atoms with Crippen LogP contribution in [-0.2, 0) is 6.54 Å². The fraction of sp³-hybridized carbons (Fsp3) is 0.111. The Labute approximate surface area is 186 Å². The van der Waals surface area contributed by atoms with Gasteiger partial charge in [0.1, 0.15) is 11.6 Å². The van der Waals surface area contributed by atoms with E-state index in [-0.39, 0.29) is 0 Å². The normalized spacial score (nSPS) is 10.9. The van der Waals surface area contributed by atoms with Gasteiger partial charge in [-0.2, -0.15) is 0 Å². The molecule has 0 amide bonds. The highest BCUT2D eigenvalue weighted by atomic mass is 16.5. The molecule has 5 aromatic rings. The van der Waals surface area contributed by atoms with Gasteiger partial charge in [-0.25, -0.2) is 9.97 Å². The first-order chi connectivity index (χ1) is 15.7. The maximum absolute atomic E-state index is 5.57. The number of aryl methyl sites for hydroxylation is 1. The van der Waals surface area contributed by atoms with Crippen LogP contribution in [0.15, 0.2) is 89.5 Å². The minimum atomic E-state index is 0.556. The summed E-state index contributed by atoms with van der Waals surface area (Å²) in [5.74, 6) is 2.81. The molecule has 3 aromatic carbocycles. The molecule has 5 nitrogen and oxygen atoms in total. The lowest BCUT2D eigenvalue weighted by molar-refractivity contribution is 0.415. The SMILES string of the molecule is COc1ccc(-c2ccc3c(NCc4ccc(C)cc4)nc(-c4ccco4)nc3c2)cc1. The van der Waals surface area contributed by atoms with E-state index in [2.05, 4.69) is 54.7 Å². The quantitative estimate of drug-likeness (QED) is 0.340. The topological polar surface area (TPSA) is 60.2 Å². The zero-order valence-corrected chi connectivity index (χ0v) is 18.0. The molecular weight excluding hydrogens is 398 g/mol. The van der Waals surface area contributed by atoms with Crippen molar-refractivity contribution in [3.63, 3.8) is 0 Å². The summed E-state index contributed by atoms with van der Waals surface area (Å²) in [5, 5.41) is 4.45. The van der Waals surface area contributed by atoms with Crippen LogP contribution in [0.1, 0.15) is 11.1 Å². The Hall–Kier alpha value is -4.12. The lowest BCUT2D eigenvalue weighted by atomic mass is 10.0. The second-order valence-electron chi connectivity index (χ2n) is 7.67. The van der Waals surface area contributed by atoms with E-state index in [0.29, 0.717) is 18.1 Å². The van der Waals surface area contributed by atoms with Crippen LogP contribution in [-0.4, -0.2) is 17.1 Å². The summed E-state index contributed by atoms with van der Waals surface area (Å²) in [7, 11) is 1.67. The Morgan fingerprint density at radius 2 is 1.66 bits per heavy atom. The third kappa shape index (κ3) is 4.05. The number of benzene rings is 3. The van der Waals surface area contributed by atoms with E-state index in [1.54, 1.807) is 13.4 Å². The van der Waals surface area contributed by atoms with Crippen molar-refractivity contribution in [2.24, 2.45) is 0 Å². The van der Waals surface area contributed by atoms with Gasteiger partial charge in [0.2, 0.25) is 0 Å². The first-order valence-electron chi connectivity index (χ1n) is 10.5. The van der Waals surface area contributed by atoms with Gasteiger partial charge in [-0.3, -0.25) is 0 Å². The highest BCUT2D eigenvalue weighted by Gasteiger charge is 2.12. The molecule has 32 heavy (non-hydrogen) atoms. The molecule has 158 valence electrons. The second kappa shape index (κ2) is 8.55. The van der Waals surface area contributed by atoms with E-state index in [9.17, 15) is 0 Å². The molecule has 1 N–H and O–H groups in total. The smallest absolute Gasteiger partial charge is 0.198 e. The number of fused-ring (bicyclic) bond motifs is 1. The second-order valence-corrected chi connectivity index (χ2v) is 7.67. The minimum Gasteiger partial charge on any atom is -0.497 e. The Bertz CT molecular complexity index is 1340. The van der Waals surface area contributed by atoms with E-state index in [1.807, 2.05) is 36.4 Å². The van der Waals surface area contributed by atoms with Gasteiger partial charge in [-0.1, -0.05) is 48.0 Å². The molecule has 0 saturated carbocycles. The number of methoxy groups -OCH3 is 1. The number of ether oxygens (including phenoxy) is 1. The number of nitrogens with zero attached hydrogens (tertiary/aromatic N) is 2. The third-order valence-corrected chi connectivity index (χ3v) is 5.44. The van der Waals surface area contributed by atoms with E-state index in [0.717, 1.165) is 33.6 Å². The van der Waals surface area contributed by atoms with Gasteiger partial charge in [-0.15, -0.1) is 0 Å². The van der Waals surface area contributed by atoms with Gasteiger partial charge in [0.05, 0.1) is 18.9 Å². The molecule has 0 aliphatic rings. The fourth-order valence-corrected chi connectivity index (χ4v) is 3.64. The molecule has 5 rings (SSSR count). The number of anilines is 1. The summed E-state index contributed by atoms with van der Waals surface area (Å²) in [6, 6.07) is 26.5. The zero-order valence-electron chi connectivity index (χ0n) is 18.0. The molecule has 0 fully saturated rings. The van der Waals surface area contributed by atoms with Crippen LogP contribution in [0.4, 0.5) is 5.82 Å². The number of aromatic nitrogens is 2. The van der Waals surface area contributed by atoms with Crippen LogP contribution in [0.2, 0.25) is 0 Å². The first-order valence-corrected chi connectivity index (χ1v) is 10.5. The number of furan rings is 1. The Morgan fingerprint density at radius 1 is 0.875 bits per heavy atom. The zero-order chi connectivity index (χ0) is 21.9. The molecule has 2 aromatic heterocycles. The van der Waals surface area contributed by atoms with Gasteiger partial charge < -0.3 is 14.5 Å². The van der Waals surface area contributed by atoms with Crippen LogP contribution < -0.4 is 10.1 Å². The van der Waals surface area contributed by atoms with Crippen molar-refractivity contribution in [2.75, 3.05) is 12.4 Å². The Morgan fingerprint density at radius 3 is 2.38 bits per heavy atom. The maximum Gasteiger partial charge on any atom is 0.198 e. The predicted octanol–water partition coefficient (Wildman–Crippen LogP) is 6.49. The average Bonchev–Trinajstić information content (AvgIpc) is 3.38. The van der Waals surface area contributed by atoms with Crippen LogP contribution in [0.25, 0.3) is 33.6 Å². The van der Waals surface area contributed by atoms with Crippen molar-refractivity contribution < 1.29 is 9.15 Å². The summed E-state index contributed by atoms with van der Waals surface area (Å²) in [6.07, 6.45) is 1.63. The molecule has 0 saturated heterocycles. The van der Waals surface area contributed by atoms with Crippen molar-refractivity contribution in [1.29, 1.82) is 0 Å². The largest absolute Gasteiger partial charge is 0.497 e. The van der Waals surface area contributed by atoms with Gasteiger partial charge in [0.25, 0.3) is 0 Å². The van der Waals surface area contributed by atoms with Crippen LogP contribution in [0.3, 0.4) is 0 Å². The molecule has 0 atom stereocenters. The summed E-state index contributed by atoms with van der Waals surface area (Å²) in [6.45, 7) is 2.76. The van der Waals surface area contributed by atoms with Crippen molar-refractivity contribution in [3.05, 3.63) is 96.3 Å². The summed E-state index contributed by atoms with van der Waals surface area (Å²) in [4.78, 5) is 9.56. The van der Waals surface area contributed by atoms with E-state index >= 15 is 0 Å². The molecule has 0 radical (unpaired) electrons. The molecule has 0 unspecified atom stereocenters. The van der Waals surface area contributed by atoms with Crippen molar-refractivity contribution >= 4 is 16.7 Å². The van der Waals surface area contributed by atoms with Gasteiger partial charge in [0, 0.05) is 11.9 Å². The van der Waals surface area contributed by atoms with Gasteiger partial charge in [0.15, 0.2) is 11.6 Å². The van der Waals surface area contributed by atoms with Crippen LogP contribution in [0.5, 0.6) is 5.75 Å². The minimum absolute atomic E-state index is 0.556. The molecule has 0 bridgehead atoms. The molecular formula is C27H23N3O2. The van der Waals surface area contributed by atoms with Crippen LogP contribution in [0, 0.1) is 6.92 Å². The number of hydrogen-bond donors (Lipinski definition) is 1. The van der Waals surface area contributed by atoms with Crippen molar-refractivity contribution in [3.8, 4) is 28.5 Å². The van der Waals surface area contributed by atoms with Gasteiger partial charge in [-0.05, 0) is 60.0 Å². The van der Waals surface area contributed by atoms with Crippen molar-refractivity contribution in [1.82, 2.24) is 9.97 Å². The Kier molecular flexibility index (Phi) is 5.30. The molecule has 2 heterocycles. The summed E-state index contributed by atoms with van der Waals surface area (Å²) >= 11 is 0. The number of hydrogen-bond acceptors (Lipinski definition) is 5. The predicted molar refractivity (Wildman–Crippen MR) is 128 cm³/mol. The molecule has 0 aliphatic heterocycles. The summed E-state index contributed by atoms with van der Waals surface area (Å²) in [5.41, 5.74) is 5.46. The number of nitrogens with one attached hydrogen (secondary N) is 1. The number of rotatable bonds is 6. The van der Waals surface area contributed by atoms with E-state index < -0.39 is 0 Å². The summed E-state index contributed by atoms with van der Waals surface area (Å²) < 4.78 is 10.9. The van der Waals surface area contributed by atoms with Crippen LogP contribution >= 0.6 is 0 Å². The highest BCUT2D eigenvalue weighted by molar-refractivity contribution is 5.93. The van der Waals surface area contributed by atoms with E-state index in [4.69, 9.17) is 19.1 Å². The molecule has 0 aliphatic carbocycles. The first kappa shape index (κ1) is 19.8.